The molecule has 2 N–H and O–H groups in total. The van der Waals surface area contributed by atoms with Gasteiger partial charge in [-0.1, -0.05) is 5.16 Å². The summed E-state index contributed by atoms with van der Waals surface area (Å²) < 4.78 is 31.7. The molecule has 0 amide bonds. The molecule has 1 aromatic rings. The molecule has 1 saturated heterocycles. The lowest BCUT2D eigenvalue weighted by atomic mass is 10.1. The minimum absolute atomic E-state index is 0. The van der Waals surface area contributed by atoms with E-state index in [1.54, 1.807) is 13.8 Å². The Morgan fingerprint density at radius 1 is 1.47 bits per heavy atom. The Morgan fingerprint density at radius 2 is 2.21 bits per heavy atom. The maximum absolute atomic E-state index is 12.1. The summed E-state index contributed by atoms with van der Waals surface area (Å²) in [5.74, 6) is 0.903. The third kappa shape index (κ3) is 3.92. The largest absolute Gasteiger partial charge is 0.360 e. The maximum atomic E-state index is 12.1. The minimum atomic E-state index is -3.50. The highest BCUT2D eigenvalue weighted by Gasteiger charge is 2.24. The first-order valence-electron chi connectivity index (χ1n) is 6.14. The average molecular weight is 310 g/mol. The summed E-state index contributed by atoms with van der Waals surface area (Å²) in [7, 11) is -3.50. The number of nitrogens with zero attached hydrogens (tertiary/aromatic N) is 1. The van der Waals surface area contributed by atoms with E-state index in [0.717, 1.165) is 25.9 Å². The molecule has 2 heterocycles. The molecule has 0 bridgehead atoms. The zero-order valence-electron chi connectivity index (χ0n) is 11.1. The predicted molar refractivity (Wildman–Crippen MR) is 74.0 cm³/mol. The van der Waals surface area contributed by atoms with Crippen molar-refractivity contribution < 1.29 is 12.9 Å². The summed E-state index contributed by atoms with van der Waals surface area (Å²) in [5.41, 5.74) is 0.405. The van der Waals surface area contributed by atoms with Crippen molar-refractivity contribution in [2.75, 3.05) is 19.6 Å². The van der Waals surface area contributed by atoms with Gasteiger partial charge < -0.3 is 9.84 Å². The van der Waals surface area contributed by atoms with Crippen molar-refractivity contribution in [2.24, 2.45) is 5.92 Å². The molecule has 8 heteroatoms. The van der Waals surface area contributed by atoms with Crippen molar-refractivity contribution in [3.63, 3.8) is 0 Å². The molecule has 1 fully saturated rings. The van der Waals surface area contributed by atoms with Crippen molar-refractivity contribution in [2.45, 2.75) is 31.6 Å². The first-order valence-corrected chi connectivity index (χ1v) is 7.62. The lowest BCUT2D eigenvalue weighted by Gasteiger charge is -2.09. The third-order valence-electron chi connectivity index (χ3n) is 3.24. The van der Waals surface area contributed by atoms with Gasteiger partial charge in [0, 0.05) is 6.54 Å². The van der Waals surface area contributed by atoms with Crippen LogP contribution in [0.1, 0.15) is 24.3 Å². The predicted octanol–water partition coefficient (Wildman–Crippen LogP) is 0.991. The van der Waals surface area contributed by atoms with Gasteiger partial charge in [0.25, 0.3) is 0 Å². The second-order valence-corrected chi connectivity index (χ2v) is 6.40. The lowest BCUT2D eigenvalue weighted by Crippen LogP contribution is -2.27. The average Bonchev–Trinajstić information content (AvgIpc) is 2.89. The zero-order valence-corrected chi connectivity index (χ0v) is 12.7. The van der Waals surface area contributed by atoms with Gasteiger partial charge in [-0.25, -0.2) is 13.1 Å². The van der Waals surface area contributed by atoms with Gasteiger partial charge >= 0.3 is 0 Å². The Labute approximate surface area is 119 Å². The second kappa shape index (κ2) is 6.69. The highest BCUT2D eigenvalue weighted by Crippen LogP contribution is 2.19. The summed E-state index contributed by atoms with van der Waals surface area (Å²) in [5, 5.41) is 6.93. The smallest absolute Gasteiger partial charge is 0.245 e. The van der Waals surface area contributed by atoms with Crippen molar-refractivity contribution >= 4 is 22.4 Å². The van der Waals surface area contributed by atoms with E-state index in [9.17, 15) is 8.42 Å². The molecular weight excluding hydrogens is 290 g/mol. The number of halogens is 1. The van der Waals surface area contributed by atoms with E-state index in [0.29, 0.717) is 23.9 Å². The normalized spacial score (nSPS) is 19.4. The van der Waals surface area contributed by atoms with Gasteiger partial charge in [-0.3, -0.25) is 0 Å². The van der Waals surface area contributed by atoms with Crippen molar-refractivity contribution in [3.8, 4) is 0 Å². The molecule has 0 aromatic carbocycles. The summed E-state index contributed by atoms with van der Waals surface area (Å²) in [6.07, 6.45) is 1.97. The van der Waals surface area contributed by atoms with Gasteiger partial charge in [0.2, 0.25) is 10.0 Å². The molecule has 1 aliphatic heterocycles. The van der Waals surface area contributed by atoms with E-state index < -0.39 is 10.0 Å². The molecule has 0 radical (unpaired) electrons. The van der Waals surface area contributed by atoms with Crippen LogP contribution in [-0.2, 0) is 10.0 Å². The summed E-state index contributed by atoms with van der Waals surface area (Å²) in [4.78, 5) is 0.173. The van der Waals surface area contributed by atoms with Crippen LogP contribution in [0, 0.1) is 19.8 Å². The van der Waals surface area contributed by atoms with Crippen LogP contribution in [0.3, 0.4) is 0 Å². The van der Waals surface area contributed by atoms with Crippen LogP contribution in [0.5, 0.6) is 0 Å². The molecule has 110 valence electrons. The Balaban J connectivity index is 0.00000180. The molecule has 1 aromatic heterocycles. The number of sulfonamides is 1. The number of hydrogen-bond acceptors (Lipinski definition) is 5. The minimum Gasteiger partial charge on any atom is -0.360 e. The van der Waals surface area contributed by atoms with Crippen LogP contribution < -0.4 is 10.0 Å². The van der Waals surface area contributed by atoms with Crippen LogP contribution in [-0.4, -0.2) is 33.2 Å². The number of nitrogens with one attached hydrogen (secondary N) is 2. The molecule has 0 aliphatic carbocycles. The Hall–Kier alpha value is -0.630. The van der Waals surface area contributed by atoms with E-state index in [4.69, 9.17) is 4.52 Å². The maximum Gasteiger partial charge on any atom is 0.245 e. The first kappa shape index (κ1) is 16.4. The van der Waals surface area contributed by atoms with Crippen molar-refractivity contribution in [1.29, 1.82) is 0 Å². The summed E-state index contributed by atoms with van der Waals surface area (Å²) >= 11 is 0. The molecule has 1 aliphatic rings. The summed E-state index contributed by atoms with van der Waals surface area (Å²) in [6, 6.07) is 0. The molecule has 19 heavy (non-hydrogen) atoms. The molecule has 6 nitrogen and oxygen atoms in total. The van der Waals surface area contributed by atoms with Crippen molar-refractivity contribution in [1.82, 2.24) is 15.2 Å². The van der Waals surface area contributed by atoms with E-state index >= 15 is 0 Å². The van der Waals surface area contributed by atoms with Crippen LogP contribution in [0.2, 0.25) is 0 Å². The van der Waals surface area contributed by atoms with Gasteiger partial charge in [-0.15, -0.1) is 12.4 Å². The molecular formula is C11H20ClN3O3S. The molecule has 0 saturated carbocycles. The third-order valence-corrected chi connectivity index (χ3v) is 4.95. The first-order chi connectivity index (χ1) is 8.50. The van der Waals surface area contributed by atoms with Crippen molar-refractivity contribution in [3.05, 3.63) is 11.5 Å². The van der Waals surface area contributed by atoms with Crippen LogP contribution in [0.4, 0.5) is 0 Å². The van der Waals surface area contributed by atoms with E-state index in [-0.39, 0.29) is 17.3 Å². The number of aromatic nitrogens is 1. The lowest BCUT2D eigenvalue weighted by molar-refractivity contribution is 0.390. The van der Waals surface area contributed by atoms with E-state index in [1.807, 2.05) is 0 Å². The zero-order chi connectivity index (χ0) is 13.2. The summed E-state index contributed by atoms with van der Waals surface area (Å²) in [6.45, 7) is 5.70. The number of rotatable bonds is 5. The molecule has 1 atom stereocenters. The standard InChI is InChI=1S/C11H19N3O3S.ClH/c1-8-11(9(2)17-14-8)18(15,16)13-6-4-10-3-5-12-7-10;/h10,12-13H,3-7H2,1-2H3;1H. The fraction of sp³-hybridized carbons (Fsp3) is 0.727. The van der Waals surface area contributed by atoms with Gasteiger partial charge in [0.15, 0.2) is 5.76 Å². The molecule has 1 unspecified atom stereocenters. The fourth-order valence-electron chi connectivity index (χ4n) is 2.29. The van der Waals surface area contributed by atoms with Gasteiger partial charge in [0.1, 0.15) is 10.6 Å². The Kier molecular flexibility index (Phi) is 5.79. The van der Waals surface area contributed by atoms with Gasteiger partial charge in [-0.2, -0.15) is 0 Å². The van der Waals surface area contributed by atoms with E-state index in [1.165, 1.54) is 0 Å². The quantitative estimate of drug-likeness (QED) is 0.847. The Morgan fingerprint density at radius 3 is 2.74 bits per heavy atom. The topological polar surface area (TPSA) is 84.2 Å². The number of hydrogen-bond donors (Lipinski definition) is 2. The highest BCUT2D eigenvalue weighted by atomic mass is 35.5. The molecule has 0 spiro atoms. The number of aryl methyl sites for hydroxylation is 2. The van der Waals surface area contributed by atoms with Crippen LogP contribution in [0.15, 0.2) is 9.42 Å². The monoisotopic (exact) mass is 309 g/mol. The highest BCUT2D eigenvalue weighted by molar-refractivity contribution is 7.89. The Bertz CT molecular complexity index is 490. The molecule has 2 rings (SSSR count). The van der Waals surface area contributed by atoms with Gasteiger partial charge in [-0.05, 0) is 45.7 Å². The van der Waals surface area contributed by atoms with E-state index in [2.05, 4.69) is 15.2 Å². The fourth-order valence-corrected chi connectivity index (χ4v) is 3.66. The van der Waals surface area contributed by atoms with Crippen LogP contribution in [0.25, 0.3) is 0 Å². The SMILES string of the molecule is Cc1noc(C)c1S(=O)(=O)NCCC1CCNC1.Cl. The van der Waals surface area contributed by atoms with Gasteiger partial charge in [0.05, 0.1) is 0 Å². The second-order valence-electron chi connectivity index (χ2n) is 4.70. The van der Waals surface area contributed by atoms with Crippen LogP contribution >= 0.6 is 12.4 Å².